The quantitative estimate of drug-likeness (QED) is 0.722. The van der Waals surface area contributed by atoms with Crippen LogP contribution in [0.2, 0.25) is 0 Å². The molecule has 2 rings (SSSR count). The number of aliphatic hydroxyl groups is 1. The van der Waals surface area contributed by atoms with Gasteiger partial charge in [-0.15, -0.1) is 0 Å². The van der Waals surface area contributed by atoms with Crippen molar-refractivity contribution in [2.24, 2.45) is 0 Å². The lowest BCUT2D eigenvalue weighted by Crippen LogP contribution is -2.23. The summed E-state index contributed by atoms with van der Waals surface area (Å²) in [7, 11) is 0. The summed E-state index contributed by atoms with van der Waals surface area (Å²) in [6.07, 6.45) is -3.88. The van der Waals surface area contributed by atoms with Crippen LogP contribution in [0, 0.1) is 0 Å². The Morgan fingerprint density at radius 3 is 2.67 bits per heavy atom. The van der Waals surface area contributed by atoms with Crippen LogP contribution in [0.5, 0.6) is 0 Å². The largest absolute Gasteiger partial charge is 0.435 e. The molecule has 4 nitrogen and oxygen atoms in total. The average Bonchev–Trinajstić information content (AvgIpc) is 2.69. The molecule has 0 amide bonds. The number of hydrogen-bond acceptors (Lipinski definition) is 3. The normalized spacial score (nSPS) is 27.2. The molecule has 0 spiro atoms. The zero-order chi connectivity index (χ0) is 11.1. The molecule has 2 heterocycles. The molecule has 84 valence electrons. The Bertz CT molecular complexity index is 349. The maximum Gasteiger partial charge on any atom is 0.435 e. The smallest absolute Gasteiger partial charge is 0.390 e. The number of aromatic nitrogens is 2. The molecule has 2 unspecified atom stereocenters. The van der Waals surface area contributed by atoms with Gasteiger partial charge in [-0.3, -0.25) is 4.68 Å². The molecule has 0 bridgehead atoms. The summed E-state index contributed by atoms with van der Waals surface area (Å²) >= 11 is 0. The van der Waals surface area contributed by atoms with Crippen LogP contribution >= 0.6 is 0 Å². The van der Waals surface area contributed by atoms with Gasteiger partial charge < -0.3 is 10.4 Å². The van der Waals surface area contributed by atoms with E-state index in [1.807, 2.05) is 0 Å². The minimum atomic E-state index is -4.43. The summed E-state index contributed by atoms with van der Waals surface area (Å²) in [4.78, 5) is 0. The van der Waals surface area contributed by atoms with E-state index in [2.05, 4.69) is 10.4 Å². The highest BCUT2D eigenvalue weighted by atomic mass is 19.4. The fourth-order valence-electron chi connectivity index (χ4n) is 1.59. The van der Waals surface area contributed by atoms with Crippen LogP contribution in [0.3, 0.4) is 0 Å². The Labute approximate surface area is 83.7 Å². The monoisotopic (exact) mass is 221 g/mol. The lowest BCUT2D eigenvalue weighted by atomic mass is 10.2. The van der Waals surface area contributed by atoms with Gasteiger partial charge in [-0.25, -0.2) is 0 Å². The molecule has 1 aromatic rings. The average molecular weight is 221 g/mol. The van der Waals surface area contributed by atoms with Crippen LogP contribution in [0.4, 0.5) is 13.2 Å². The molecule has 1 saturated heterocycles. The molecule has 2 N–H and O–H groups in total. The van der Waals surface area contributed by atoms with Crippen molar-refractivity contribution in [1.29, 1.82) is 0 Å². The van der Waals surface area contributed by atoms with Crippen molar-refractivity contribution < 1.29 is 18.3 Å². The highest BCUT2D eigenvalue weighted by Gasteiger charge is 2.35. The molecule has 1 aliphatic heterocycles. The zero-order valence-electron chi connectivity index (χ0n) is 7.70. The van der Waals surface area contributed by atoms with E-state index in [1.165, 1.54) is 6.20 Å². The van der Waals surface area contributed by atoms with Crippen molar-refractivity contribution in [1.82, 2.24) is 15.1 Å². The highest BCUT2D eigenvalue weighted by molar-refractivity contribution is 5.05. The summed E-state index contributed by atoms with van der Waals surface area (Å²) in [6.45, 7) is 0.812. The van der Waals surface area contributed by atoms with Gasteiger partial charge in [0, 0.05) is 19.3 Å². The number of nitrogens with one attached hydrogen (secondary N) is 1. The molecule has 0 saturated carbocycles. The van der Waals surface area contributed by atoms with E-state index in [0.29, 0.717) is 13.1 Å². The van der Waals surface area contributed by atoms with Crippen LogP contribution in [0.25, 0.3) is 0 Å². The third-order valence-electron chi connectivity index (χ3n) is 2.39. The van der Waals surface area contributed by atoms with Gasteiger partial charge in [-0.1, -0.05) is 0 Å². The van der Waals surface area contributed by atoms with Crippen molar-refractivity contribution in [2.45, 2.75) is 18.3 Å². The molecule has 1 aliphatic rings. The van der Waals surface area contributed by atoms with Crippen molar-refractivity contribution >= 4 is 0 Å². The Balaban J connectivity index is 2.20. The van der Waals surface area contributed by atoms with E-state index in [-0.39, 0.29) is 0 Å². The third-order valence-corrected chi connectivity index (χ3v) is 2.39. The van der Waals surface area contributed by atoms with Gasteiger partial charge in [0.05, 0.1) is 12.1 Å². The fraction of sp³-hybridized carbons (Fsp3) is 0.625. The molecule has 7 heteroatoms. The number of aliphatic hydroxyl groups excluding tert-OH is 1. The van der Waals surface area contributed by atoms with E-state index in [0.717, 1.165) is 10.7 Å². The summed E-state index contributed by atoms with van der Waals surface area (Å²) < 4.78 is 37.9. The van der Waals surface area contributed by atoms with Gasteiger partial charge in [0.2, 0.25) is 0 Å². The summed E-state index contributed by atoms with van der Waals surface area (Å²) in [5, 5.41) is 15.7. The number of nitrogens with zero attached hydrogens (tertiary/aromatic N) is 2. The predicted molar refractivity (Wildman–Crippen MR) is 45.1 cm³/mol. The molecule has 1 fully saturated rings. The third kappa shape index (κ3) is 1.98. The second kappa shape index (κ2) is 3.49. The molecule has 1 aromatic heterocycles. The summed E-state index contributed by atoms with van der Waals surface area (Å²) in [5.74, 6) is 0. The maximum atomic E-state index is 12.2. The van der Waals surface area contributed by atoms with Crippen molar-refractivity contribution in [3.63, 3.8) is 0 Å². The van der Waals surface area contributed by atoms with Gasteiger partial charge in [0.25, 0.3) is 0 Å². The van der Waals surface area contributed by atoms with Gasteiger partial charge in [-0.2, -0.15) is 18.3 Å². The van der Waals surface area contributed by atoms with Gasteiger partial charge in [-0.05, 0) is 6.07 Å². The van der Waals surface area contributed by atoms with Crippen LogP contribution in [-0.2, 0) is 6.18 Å². The van der Waals surface area contributed by atoms with Crippen LogP contribution in [0.15, 0.2) is 12.3 Å². The van der Waals surface area contributed by atoms with Crippen molar-refractivity contribution in [3.8, 4) is 0 Å². The van der Waals surface area contributed by atoms with E-state index in [1.54, 1.807) is 0 Å². The van der Waals surface area contributed by atoms with E-state index in [4.69, 9.17) is 0 Å². The number of β-amino-alcohol motifs (C(OH)–C–C–N with tert-alkyl or cyclic N) is 1. The lowest BCUT2D eigenvalue weighted by Gasteiger charge is -2.13. The zero-order valence-corrected chi connectivity index (χ0v) is 7.70. The number of hydrogen-bond donors (Lipinski definition) is 2. The topological polar surface area (TPSA) is 50.1 Å². The molecule has 0 aliphatic carbocycles. The first-order chi connectivity index (χ1) is 6.98. The predicted octanol–water partition coefficient (Wildman–Crippen LogP) is 0.407. The van der Waals surface area contributed by atoms with Crippen LogP contribution < -0.4 is 5.32 Å². The van der Waals surface area contributed by atoms with Crippen molar-refractivity contribution in [2.75, 3.05) is 13.1 Å². The SMILES string of the molecule is OC1CNCC1n1ccc(C(F)(F)F)n1. The summed E-state index contributed by atoms with van der Waals surface area (Å²) in [6, 6.07) is 0.492. The van der Waals surface area contributed by atoms with Gasteiger partial charge >= 0.3 is 6.18 Å². The maximum absolute atomic E-state index is 12.2. The molecular formula is C8H10F3N3O. The summed E-state index contributed by atoms with van der Waals surface area (Å²) in [5.41, 5.74) is -0.929. The minimum absolute atomic E-state index is 0.381. The first kappa shape index (κ1) is 10.4. The Hall–Kier alpha value is -1.08. The second-order valence-electron chi connectivity index (χ2n) is 3.47. The molecular weight excluding hydrogens is 211 g/mol. The van der Waals surface area contributed by atoms with E-state index >= 15 is 0 Å². The molecule has 0 radical (unpaired) electrons. The van der Waals surface area contributed by atoms with Crippen molar-refractivity contribution in [3.05, 3.63) is 18.0 Å². The van der Waals surface area contributed by atoms with E-state index in [9.17, 15) is 18.3 Å². The second-order valence-corrected chi connectivity index (χ2v) is 3.47. The molecule has 0 aromatic carbocycles. The number of rotatable bonds is 1. The highest BCUT2D eigenvalue weighted by Crippen LogP contribution is 2.28. The Morgan fingerprint density at radius 1 is 1.47 bits per heavy atom. The Morgan fingerprint density at radius 2 is 2.20 bits per heavy atom. The Kier molecular flexibility index (Phi) is 2.43. The molecule has 15 heavy (non-hydrogen) atoms. The number of halogens is 3. The van der Waals surface area contributed by atoms with Gasteiger partial charge in [0.1, 0.15) is 0 Å². The van der Waals surface area contributed by atoms with E-state index < -0.39 is 24.0 Å². The van der Waals surface area contributed by atoms with Crippen LogP contribution in [-0.4, -0.2) is 34.1 Å². The van der Waals surface area contributed by atoms with Gasteiger partial charge in [0.15, 0.2) is 5.69 Å². The minimum Gasteiger partial charge on any atom is -0.390 e. The molecule has 2 atom stereocenters. The first-order valence-corrected chi connectivity index (χ1v) is 4.49. The first-order valence-electron chi connectivity index (χ1n) is 4.49. The number of alkyl halides is 3. The van der Waals surface area contributed by atoms with Crippen LogP contribution in [0.1, 0.15) is 11.7 Å². The fourth-order valence-corrected chi connectivity index (χ4v) is 1.59. The standard InChI is InChI=1S/C8H10F3N3O/c9-8(10,11)7-1-2-14(13-7)5-3-12-4-6(5)15/h1-2,5-6,12,15H,3-4H2. The lowest BCUT2D eigenvalue weighted by molar-refractivity contribution is -0.141.